The van der Waals surface area contributed by atoms with Crippen molar-refractivity contribution in [3.8, 4) is 11.5 Å². The zero-order chi connectivity index (χ0) is 21.1. The summed E-state index contributed by atoms with van der Waals surface area (Å²) in [6.07, 6.45) is -2.67. The van der Waals surface area contributed by atoms with Crippen LogP contribution in [0.2, 0.25) is 0 Å². The summed E-state index contributed by atoms with van der Waals surface area (Å²) in [5, 5.41) is 11.2. The summed E-state index contributed by atoms with van der Waals surface area (Å²) in [5.41, 5.74) is 0.899. The number of thiophene rings is 1. The second kappa shape index (κ2) is 8.61. The summed E-state index contributed by atoms with van der Waals surface area (Å²) >= 11 is 2.98. The molecule has 3 heterocycles. The predicted molar refractivity (Wildman–Crippen MR) is 112 cm³/mol. The number of aromatic nitrogens is 4. The zero-order valence-electron chi connectivity index (χ0n) is 15.9. The van der Waals surface area contributed by atoms with E-state index in [2.05, 4.69) is 15.2 Å². The van der Waals surface area contributed by atoms with Crippen molar-refractivity contribution in [1.29, 1.82) is 0 Å². The largest absolute Gasteiger partial charge is 0.416 e. The van der Waals surface area contributed by atoms with Gasteiger partial charge in [0, 0.05) is 16.8 Å². The smallest absolute Gasteiger partial charge is 0.295 e. The van der Waals surface area contributed by atoms with Crippen LogP contribution in [0.5, 0.6) is 0 Å². The van der Waals surface area contributed by atoms with E-state index in [9.17, 15) is 13.2 Å². The first-order valence-electron chi connectivity index (χ1n) is 9.08. The van der Waals surface area contributed by atoms with Gasteiger partial charge in [0.05, 0.1) is 12.1 Å². The van der Waals surface area contributed by atoms with Crippen molar-refractivity contribution < 1.29 is 13.2 Å². The maximum Gasteiger partial charge on any atom is 0.416 e. The Morgan fingerprint density at radius 2 is 1.93 bits per heavy atom. The topological polar surface area (TPSA) is 43.6 Å². The predicted octanol–water partition coefficient (Wildman–Crippen LogP) is 6.07. The van der Waals surface area contributed by atoms with Gasteiger partial charge in [-0.3, -0.25) is 9.55 Å². The normalized spacial score (nSPS) is 11.7. The highest BCUT2D eigenvalue weighted by Crippen LogP contribution is 2.34. The first-order valence-corrected chi connectivity index (χ1v) is 10.9. The van der Waals surface area contributed by atoms with Gasteiger partial charge < -0.3 is 0 Å². The Kier molecular flexibility index (Phi) is 5.92. The van der Waals surface area contributed by atoms with Gasteiger partial charge in [0.2, 0.25) is 0 Å². The molecule has 0 unspecified atom stereocenters. The van der Waals surface area contributed by atoms with Gasteiger partial charge in [-0.25, -0.2) is 0 Å². The average molecular weight is 447 g/mol. The van der Waals surface area contributed by atoms with Crippen molar-refractivity contribution in [3.63, 3.8) is 0 Å². The van der Waals surface area contributed by atoms with E-state index in [1.807, 2.05) is 40.3 Å². The highest BCUT2D eigenvalue weighted by Gasteiger charge is 2.32. The van der Waals surface area contributed by atoms with E-state index in [1.54, 1.807) is 23.6 Å². The van der Waals surface area contributed by atoms with Crippen molar-refractivity contribution in [2.24, 2.45) is 0 Å². The van der Waals surface area contributed by atoms with Crippen molar-refractivity contribution in [2.45, 2.75) is 30.6 Å². The van der Waals surface area contributed by atoms with Gasteiger partial charge in [-0.15, -0.1) is 21.5 Å². The highest BCUT2D eigenvalue weighted by atomic mass is 32.2. The quantitative estimate of drug-likeness (QED) is 0.337. The van der Waals surface area contributed by atoms with E-state index in [0.717, 1.165) is 4.88 Å². The van der Waals surface area contributed by atoms with Crippen LogP contribution in [0.1, 0.15) is 21.6 Å². The lowest BCUT2D eigenvalue weighted by Gasteiger charge is -2.12. The lowest BCUT2D eigenvalue weighted by Crippen LogP contribution is -2.08. The van der Waals surface area contributed by atoms with E-state index in [-0.39, 0.29) is 5.56 Å². The number of rotatable bonds is 6. The third kappa shape index (κ3) is 4.57. The van der Waals surface area contributed by atoms with Gasteiger partial charge in [0.1, 0.15) is 5.69 Å². The summed E-state index contributed by atoms with van der Waals surface area (Å²) in [7, 11) is 0. The molecule has 0 radical (unpaired) electrons. The maximum atomic E-state index is 13.2. The Morgan fingerprint density at radius 1 is 1.07 bits per heavy atom. The molecule has 30 heavy (non-hydrogen) atoms. The van der Waals surface area contributed by atoms with Crippen molar-refractivity contribution >= 4 is 23.1 Å². The van der Waals surface area contributed by atoms with Crippen LogP contribution in [-0.2, 0) is 18.5 Å². The number of pyridine rings is 1. The summed E-state index contributed by atoms with van der Waals surface area (Å²) in [6, 6.07) is 14.0. The molecule has 0 atom stereocenters. The van der Waals surface area contributed by atoms with Crippen molar-refractivity contribution in [3.05, 3.63) is 81.7 Å². The number of nitrogens with zero attached hydrogens (tertiary/aromatic N) is 4. The number of thioether (sulfide) groups is 1. The molecule has 0 aliphatic carbocycles. The lowest BCUT2D eigenvalue weighted by molar-refractivity contribution is -0.138. The molecule has 154 valence electrons. The van der Waals surface area contributed by atoms with Crippen LogP contribution < -0.4 is 0 Å². The van der Waals surface area contributed by atoms with Gasteiger partial charge in [-0.1, -0.05) is 36.0 Å². The molecule has 0 aliphatic rings. The highest BCUT2D eigenvalue weighted by molar-refractivity contribution is 7.98. The van der Waals surface area contributed by atoms with Crippen molar-refractivity contribution in [1.82, 2.24) is 19.7 Å². The molecule has 0 N–H and O–H groups in total. The molecule has 9 heteroatoms. The number of hydrogen-bond donors (Lipinski definition) is 0. The molecule has 0 fully saturated rings. The molecule has 0 aliphatic heterocycles. The van der Waals surface area contributed by atoms with Crippen LogP contribution in [0.4, 0.5) is 13.2 Å². The SMILES string of the molecule is Cc1ccc(CSc2nnc(-c3ccccn3)n2Cc2cccs2)cc1C(F)(F)F. The molecule has 4 rings (SSSR count). The van der Waals surface area contributed by atoms with E-state index >= 15 is 0 Å². The summed E-state index contributed by atoms with van der Waals surface area (Å²) < 4.78 is 41.6. The fourth-order valence-corrected chi connectivity index (χ4v) is 4.57. The Balaban J connectivity index is 1.62. The average Bonchev–Trinajstić information content (AvgIpc) is 3.38. The maximum absolute atomic E-state index is 13.2. The van der Waals surface area contributed by atoms with Crippen LogP contribution in [0, 0.1) is 6.92 Å². The molecule has 4 aromatic rings. The Bertz CT molecular complexity index is 1120. The third-order valence-electron chi connectivity index (χ3n) is 4.48. The number of aryl methyl sites for hydroxylation is 1. The monoisotopic (exact) mass is 446 g/mol. The fraction of sp³-hybridized carbons (Fsp3) is 0.190. The standard InChI is InChI=1S/C21H17F3N4S2/c1-14-7-8-15(11-17(14)21(22,23)24)13-30-20-27-26-19(18-6-2-3-9-25-18)28(20)12-16-5-4-10-29-16/h2-11H,12-13H2,1H3. The molecular weight excluding hydrogens is 429 g/mol. The van der Waals surface area contributed by atoms with Gasteiger partial charge in [0.15, 0.2) is 11.0 Å². The summed E-state index contributed by atoms with van der Waals surface area (Å²) in [6.45, 7) is 2.04. The molecule has 0 saturated carbocycles. The van der Waals surface area contributed by atoms with E-state index in [0.29, 0.717) is 34.5 Å². The van der Waals surface area contributed by atoms with Crippen LogP contribution in [0.25, 0.3) is 11.5 Å². The molecule has 0 saturated heterocycles. The molecule has 1 aromatic carbocycles. The number of benzene rings is 1. The second-order valence-corrected chi connectivity index (χ2v) is 8.60. The minimum atomic E-state index is -4.36. The third-order valence-corrected chi connectivity index (χ3v) is 6.38. The number of alkyl halides is 3. The van der Waals surface area contributed by atoms with Gasteiger partial charge in [0.25, 0.3) is 0 Å². The lowest BCUT2D eigenvalue weighted by atomic mass is 10.1. The van der Waals surface area contributed by atoms with Crippen molar-refractivity contribution in [2.75, 3.05) is 0 Å². The van der Waals surface area contributed by atoms with E-state index in [4.69, 9.17) is 0 Å². The first-order chi connectivity index (χ1) is 14.4. The minimum absolute atomic E-state index is 0.217. The van der Waals surface area contributed by atoms with Gasteiger partial charge >= 0.3 is 6.18 Å². The van der Waals surface area contributed by atoms with E-state index in [1.165, 1.54) is 30.8 Å². The Morgan fingerprint density at radius 3 is 2.63 bits per heavy atom. The molecule has 0 bridgehead atoms. The Hall–Kier alpha value is -2.65. The van der Waals surface area contributed by atoms with Crippen LogP contribution in [0.15, 0.2) is 65.3 Å². The minimum Gasteiger partial charge on any atom is -0.295 e. The van der Waals surface area contributed by atoms with Gasteiger partial charge in [-0.05, 0) is 47.7 Å². The first kappa shape index (κ1) is 20.6. The van der Waals surface area contributed by atoms with Crippen LogP contribution >= 0.6 is 23.1 Å². The number of halogens is 3. The molecule has 0 spiro atoms. The van der Waals surface area contributed by atoms with Crippen LogP contribution in [0.3, 0.4) is 0 Å². The van der Waals surface area contributed by atoms with Crippen LogP contribution in [-0.4, -0.2) is 19.7 Å². The number of hydrogen-bond acceptors (Lipinski definition) is 5. The van der Waals surface area contributed by atoms with Gasteiger partial charge in [-0.2, -0.15) is 13.2 Å². The summed E-state index contributed by atoms with van der Waals surface area (Å²) in [4.78, 5) is 5.49. The summed E-state index contributed by atoms with van der Waals surface area (Å²) in [5.74, 6) is 0.986. The zero-order valence-corrected chi connectivity index (χ0v) is 17.6. The Labute approximate surface area is 179 Å². The molecular formula is C21H17F3N4S2. The second-order valence-electron chi connectivity index (χ2n) is 6.62. The molecule has 3 aromatic heterocycles. The molecule has 4 nitrogen and oxygen atoms in total. The molecule has 0 amide bonds. The fourth-order valence-electron chi connectivity index (χ4n) is 2.99. The van der Waals surface area contributed by atoms with E-state index < -0.39 is 11.7 Å².